The third-order valence-electron chi connectivity index (χ3n) is 4.09. The van der Waals surface area contributed by atoms with E-state index >= 15 is 0 Å². The zero-order valence-corrected chi connectivity index (χ0v) is 16.5. The number of carbonyl (C=O) groups excluding carboxylic acids is 1. The molecule has 0 aliphatic rings. The molecule has 0 aromatic heterocycles. The van der Waals surface area contributed by atoms with Gasteiger partial charge < -0.3 is 14.6 Å². The Morgan fingerprint density at radius 1 is 0.880 bits per heavy atom. The summed E-state index contributed by atoms with van der Waals surface area (Å²) in [5, 5.41) is 9.72. The highest BCUT2D eigenvalue weighted by Crippen LogP contribution is 2.10. The van der Waals surface area contributed by atoms with Crippen molar-refractivity contribution in [1.29, 1.82) is 0 Å². The van der Waals surface area contributed by atoms with Gasteiger partial charge in [-0.1, -0.05) is 83.8 Å². The van der Waals surface area contributed by atoms with E-state index in [1.165, 1.54) is 51.4 Å². The molecule has 0 saturated heterocycles. The first-order valence-electron chi connectivity index (χ1n) is 10.3. The number of hydrogen-bond acceptors (Lipinski definition) is 4. The average Bonchev–Trinajstić information content (AvgIpc) is 2.61. The zero-order chi connectivity index (χ0) is 18.6. The number of carbonyl (C=O) groups is 1. The summed E-state index contributed by atoms with van der Waals surface area (Å²) in [7, 11) is 0. The quantitative estimate of drug-likeness (QED) is 0.209. The van der Waals surface area contributed by atoms with Crippen molar-refractivity contribution in [2.45, 2.75) is 97.0 Å². The van der Waals surface area contributed by atoms with E-state index < -0.39 is 6.10 Å². The van der Waals surface area contributed by atoms with Crippen molar-refractivity contribution >= 4 is 5.97 Å². The van der Waals surface area contributed by atoms with Crippen LogP contribution in [0.15, 0.2) is 12.2 Å². The Morgan fingerprint density at radius 3 is 2.20 bits per heavy atom. The molecule has 1 atom stereocenters. The molecule has 4 nitrogen and oxygen atoms in total. The van der Waals surface area contributed by atoms with E-state index in [1.807, 2.05) is 6.08 Å². The van der Waals surface area contributed by atoms with E-state index in [4.69, 9.17) is 9.47 Å². The predicted octanol–water partition coefficient (Wildman–Crippen LogP) is 5.18. The summed E-state index contributed by atoms with van der Waals surface area (Å²) in [5.41, 5.74) is 0. The van der Waals surface area contributed by atoms with E-state index in [-0.39, 0.29) is 19.2 Å². The van der Waals surface area contributed by atoms with Gasteiger partial charge in [0, 0.05) is 6.42 Å². The Hall–Kier alpha value is -0.870. The number of allylic oxidation sites excluding steroid dienone is 1. The second-order valence-electron chi connectivity index (χ2n) is 6.71. The number of hydrogen-bond donors (Lipinski definition) is 1. The highest BCUT2D eigenvalue weighted by Gasteiger charge is 2.08. The highest BCUT2D eigenvalue weighted by molar-refractivity contribution is 5.69. The van der Waals surface area contributed by atoms with Gasteiger partial charge >= 0.3 is 5.97 Å². The summed E-state index contributed by atoms with van der Waals surface area (Å²) in [4.78, 5) is 11.6. The summed E-state index contributed by atoms with van der Waals surface area (Å²) >= 11 is 0. The number of unbranched alkanes of at least 4 members (excludes halogenated alkanes) is 9. The summed E-state index contributed by atoms with van der Waals surface area (Å²) in [6.07, 6.45) is 16.9. The molecule has 0 bridgehead atoms. The van der Waals surface area contributed by atoms with Crippen molar-refractivity contribution in [3.63, 3.8) is 0 Å². The lowest BCUT2D eigenvalue weighted by Crippen LogP contribution is -2.23. The first-order valence-corrected chi connectivity index (χ1v) is 10.3. The molecule has 0 aromatic rings. The number of aliphatic hydroxyl groups excluding tert-OH is 1. The molecule has 25 heavy (non-hydrogen) atoms. The standard InChI is InChI=1S/C21H40O4/c1-3-5-7-9-10-11-12-14-16-21(23)25-19-20(22)18-24-17-15-13-8-6-4-2/h13,15,20,22H,3-12,14,16-19H2,1-2H3/b15-13-/t20-/m1/s1. The fraction of sp³-hybridized carbons (Fsp3) is 0.857. The fourth-order valence-corrected chi connectivity index (χ4v) is 2.49. The van der Waals surface area contributed by atoms with Gasteiger partial charge in [-0.05, 0) is 12.8 Å². The number of ether oxygens (including phenoxy) is 2. The Kier molecular flexibility index (Phi) is 18.8. The molecule has 0 heterocycles. The molecule has 0 aliphatic heterocycles. The number of esters is 1. The summed E-state index contributed by atoms with van der Waals surface area (Å²) in [6, 6.07) is 0. The van der Waals surface area contributed by atoms with Crippen LogP contribution < -0.4 is 0 Å². The van der Waals surface area contributed by atoms with Crippen LogP contribution in [0, 0.1) is 0 Å². The van der Waals surface area contributed by atoms with E-state index in [0.29, 0.717) is 13.0 Å². The zero-order valence-electron chi connectivity index (χ0n) is 16.5. The molecular weight excluding hydrogens is 316 g/mol. The smallest absolute Gasteiger partial charge is 0.305 e. The van der Waals surface area contributed by atoms with E-state index in [2.05, 4.69) is 19.9 Å². The average molecular weight is 357 g/mol. The van der Waals surface area contributed by atoms with Crippen molar-refractivity contribution in [3.8, 4) is 0 Å². The number of rotatable bonds is 18. The van der Waals surface area contributed by atoms with E-state index in [1.54, 1.807) is 0 Å². The Labute approximate surface area is 155 Å². The van der Waals surface area contributed by atoms with Gasteiger partial charge in [0.2, 0.25) is 0 Å². The Bertz CT molecular complexity index is 315. The maximum absolute atomic E-state index is 11.6. The van der Waals surface area contributed by atoms with Crippen LogP contribution in [0.3, 0.4) is 0 Å². The molecule has 0 amide bonds. The molecule has 0 rings (SSSR count). The molecule has 0 radical (unpaired) electrons. The summed E-state index contributed by atoms with van der Waals surface area (Å²) in [5.74, 6) is -0.218. The van der Waals surface area contributed by atoms with Gasteiger partial charge in [-0.15, -0.1) is 0 Å². The molecular formula is C21H40O4. The van der Waals surface area contributed by atoms with Gasteiger partial charge in [0.25, 0.3) is 0 Å². The van der Waals surface area contributed by atoms with Crippen molar-refractivity contribution in [3.05, 3.63) is 12.2 Å². The van der Waals surface area contributed by atoms with Gasteiger partial charge in [-0.2, -0.15) is 0 Å². The largest absolute Gasteiger partial charge is 0.463 e. The Morgan fingerprint density at radius 2 is 1.52 bits per heavy atom. The normalized spacial score (nSPS) is 12.6. The molecule has 4 heteroatoms. The summed E-state index contributed by atoms with van der Waals surface area (Å²) in [6.45, 7) is 5.10. The van der Waals surface area contributed by atoms with E-state index in [0.717, 1.165) is 19.3 Å². The molecule has 0 aromatic carbocycles. The van der Waals surface area contributed by atoms with Crippen LogP contribution in [0.2, 0.25) is 0 Å². The molecule has 0 saturated carbocycles. The van der Waals surface area contributed by atoms with E-state index in [9.17, 15) is 9.90 Å². The lowest BCUT2D eigenvalue weighted by Gasteiger charge is -2.11. The first kappa shape index (κ1) is 24.1. The maximum Gasteiger partial charge on any atom is 0.305 e. The summed E-state index contributed by atoms with van der Waals surface area (Å²) < 4.78 is 10.4. The van der Waals surface area contributed by atoms with Crippen LogP contribution in [-0.2, 0) is 14.3 Å². The van der Waals surface area contributed by atoms with Gasteiger partial charge in [-0.25, -0.2) is 0 Å². The lowest BCUT2D eigenvalue weighted by atomic mass is 10.1. The van der Waals surface area contributed by atoms with Gasteiger partial charge in [0.15, 0.2) is 0 Å². The molecule has 1 N–H and O–H groups in total. The van der Waals surface area contributed by atoms with Gasteiger partial charge in [-0.3, -0.25) is 4.79 Å². The van der Waals surface area contributed by atoms with Crippen molar-refractivity contribution in [2.75, 3.05) is 19.8 Å². The second-order valence-corrected chi connectivity index (χ2v) is 6.71. The third-order valence-corrected chi connectivity index (χ3v) is 4.09. The highest BCUT2D eigenvalue weighted by atomic mass is 16.5. The molecule has 0 spiro atoms. The minimum Gasteiger partial charge on any atom is -0.463 e. The fourth-order valence-electron chi connectivity index (χ4n) is 2.49. The topological polar surface area (TPSA) is 55.8 Å². The van der Waals surface area contributed by atoms with Gasteiger partial charge in [0.05, 0.1) is 13.2 Å². The molecule has 0 unspecified atom stereocenters. The lowest BCUT2D eigenvalue weighted by molar-refractivity contribution is -0.147. The minimum atomic E-state index is -0.744. The van der Waals surface area contributed by atoms with Gasteiger partial charge in [0.1, 0.15) is 12.7 Å². The van der Waals surface area contributed by atoms with Crippen molar-refractivity contribution in [2.24, 2.45) is 0 Å². The predicted molar refractivity (Wildman–Crippen MR) is 104 cm³/mol. The third kappa shape index (κ3) is 19.3. The maximum atomic E-state index is 11.6. The second kappa shape index (κ2) is 19.5. The van der Waals surface area contributed by atoms with Crippen LogP contribution in [0.25, 0.3) is 0 Å². The van der Waals surface area contributed by atoms with Crippen LogP contribution in [-0.4, -0.2) is 37.0 Å². The number of aliphatic hydroxyl groups is 1. The van der Waals surface area contributed by atoms with Crippen LogP contribution in [0.1, 0.15) is 90.9 Å². The SMILES string of the molecule is CCCC/C=C\COC[C@@H](O)COC(=O)CCCCCCCCCC. The minimum absolute atomic E-state index is 0.0232. The van der Waals surface area contributed by atoms with Crippen molar-refractivity contribution < 1.29 is 19.4 Å². The first-order chi connectivity index (χ1) is 12.2. The molecule has 148 valence electrons. The molecule has 0 aliphatic carbocycles. The molecule has 0 fully saturated rings. The van der Waals surface area contributed by atoms with Crippen LogP contribution in [0.4, 0.5) is 0 Å². The monoisotopic (exact) mass is 356 g/mol. The van der Waals surface area contributed by atoms with Crippen molar-refractivity contribution in [1.82, 2.24) is 0 Å². The van der Waals surface area contributed by atoms with Crippen LogP contribution >= 0.6 is 0 Å². The Balaban J connectivity index is 3.39. The van der Waals surface area contributed by atoms with Crippen LogP contribution in [0.5, 0.6) is 0 Å².